The number of hydrogen-bond donors (Lipinski definition) is 0. The molecule has 1 aromatic carbocycles. The highest BCUT2D eigenvalue weighted by molar-refractivity contribution is 6.32. The molecular formula is C15H20ClNO3. The number of carbonyl (C=O) groups is 1. The standard InChI is InChI=1S/C15H20ClNO3/c1-19-14-9-15(20-2)12(16)8-11(14)13(18)10-17-6-4-3-5-7-17/h8-9H,3-7,10H2,1-2H3. The molecule has 2 rings (SSSR count). The molecule has 0 N–H and O–H groups in total. The number of piperidine rings is 1. The lowest BCUT2D eigenvalue weighted by Gasteiger charge is -2.25. The lowest BCUT2D eigenvalue weighted by atomic mass is 10.1. The number of halogens is 1. The van der Waals surface area contributed by atoms with Crippen LogP contribution in [-0.2, 0) is 0 Å². The van der Waals surface area contributed by atoms with Crippen LogP contribution in [0.3, 0.4) is 0 Å². The maximum atomic E-state index is 12.4. The topological polar surface area (TPSA) is 38.8 Å². The summed E-state index contributed by atoms with van der Waals surface area (Å²) >= 11 is 6.10. The van der Waals surface area contributed by atoms with Gasteiger partial charge in [-0.2, -0.15) is 0 Å². The SMILES string of the molecule is COc1cc(OC)c(C(=O)CN2CCCCC2)cc1Cl. The van der Waals surface area contributed by atoms with Crippen LogP contribution < -0.4 is 9.47 Å². The van der Waals surface area contributed by atoms with Crippen molar-refractivity contribution in [3.63, 3.8) is 0 Å². The van der Waals surface area contributed by atoms with E-state index in [2.05, 4.69) is 4.90 Å². The van der Waals surface area contributed by atoms with Gasteiger partial charge in [0.05, 0.1) is 31.4 Å². The van der Waals surface area contributed by atoms with Crippen molar-refractivity contribution < 1.29 is 14.3 Å². The molecule has 110 valence electrons. The number of nitrogens with zero attached hydrogens (tertiary/aromatic N) is 1. The Bertz CT molecular complexity index is 484. The monoisotopic (exact) mass is 297 g/mol. The Hall–Kier alpha value is -1.26. The van der Waals surface area contributed by atoms with Gasteiger partial charge in [0.2, 0.25) is 0 Å². The molecule has 1 aromatic rings. The fourth-order valence-corrected chi connectivity index (χ4v) is 2.72. The smallest absolute Gasteiger partial charge is 0.180 e. The molecule has 1 saturated heterocycles. The molecule has 4 nitrogen and oxygen atoms in total. The van der Waals surface area contributed by atoms with Crippen molar-refractivity contribution in [1.29, 1.82) is 0 Å². The highest BCUT2D eigenvalue weighted by Crippen LogP contribution is 2.32. The van der Waals surface area contributed by atoms with E-state index in [1.54, 1.807) is 19.2 Å². The molecule has 1 aliphatic heterocycles. The number of carbonyl (C=O) groups excluding carboxylic acids is 1. The number of rotatable bonds is 5. The van der Waals surface area contributed by atoms with Crippen LogP contribution in [0.2, 0.25) is 5.02 Å². The van der Waals surface area contributed by atoms with Crippen LogP contribution in [-0.4, -0.2) is 44.5 Å². The van der Waals surface area contributed by atoms with Gasteiger partial charge in [0, 0.05) is 6.07 Å². The van der Waals surface area contributed by atoms with Gasteiger partial charge < -0.3 is 9.47 Å². The molecule has 0 spiro atoms. The molecule has 0 aliphatic carbocycles. The average molecular weight is 298 g/mol. The maximum absolute atomic E-state index is 12.4. The van der Waals surface area contributed by atoms with E-state index in [-0.39, 0.29) is 5.78 Å². The van der Waals surface area contributed by atoms with E-state index < -0.39 is 0 Å². The Morgan fingerprint density at radius 1 is 1.15 bits per heavy atom. The first-order chi connectivity index (χ1) is 9.65. The normalized spacial score (nSPS) is 15.9. The third-order valence-corrected chi connectivity index (χ3v) is 3.89. The summed E-state index contributed by atoms with van der Waals surface area (Å²) in [6.45, 7) is 2.38. The zero-order valence-corrected chi connectivity index (χ0v) is 12.7. The fraction of sp³-hybridized carbons (Fsp3) is 0.533. The summed E-state index contributed by atoms with van der Waals surface area (Å²) < 4.78 is 10.4. The minimum Gasteiger partial charge on any atom is -0.496 e. The van der Waals surface area contributed by atoms with E-state index in [4.69, 9.17) is 21.1 Å². The van der Waals surface area contributed by atoms with Crippen molar-refractivity contribution >= 4 is 17.4 Å². The van der Waals surface area contributed by atoms with Crippen LogP contribution in [0.25, 0.3) is 0 Å². The van der Waals surface area contributed by atoms with Crippen molar-refractivity contribution in [2.45, 2.75) is 19.3 Å². The largest absolute Gasteiger partial charge is 0.496 e. The molecule has 5 heteroatoms. The average Bonchev–Trinajstić information content (AvgIpc) is 2.48. The van der Waals surface area contributed by atoms with Crippen LogP contribution in [0.1, 0.15) is 29.6 Å². The zero-order chi connectivity index (χ0) is 14.5. The molecule has 0 bridgehead atoms. The predicted molar refractivity (Wildman–Crippen MR) is 79.2 cm³/mol. The highest BCUT2D eigenvalue weighted by atomic mass is 35.5. The van der Waals surface area contributed by atoms with Crippen LogP contribution in [0, 0.1) is 0 Å². The number of hydrogen-bond acceptors (Lipinski definition) is 4. The summed E-state index contributed by atoms with van der Waals surface area (Å²) in [5.41, 5.74) is 0.517. The van der Waals surface area contributed by atoms with Gasteiger partial charge in [-0.25, -0.2) is 0 Å². The first kappa shape index (κ1) is 15.1. The van der Waals surface area contributed by atoms with Gasteiger partial charge in [-0.15, -0.1) is 0 Å². The van der Waals surface area contributed by atoms with Gasteiger partial charge in [0.15, 0.2) is 5.78 Å². The Labute approximate surface area is 124 Å². The van der Waals surface area contributed by atoms with Crippen molar-refractivity contribution in [2.75, 3.05) is 33.9 Å². The molecule has 1 aliphatic rings. The molecule has 0 radical (unpaired) electrons. The van der Waals surface area contributed by atoms with Gasteiger partial charge in [0.1, 0.15) is 11.5 Å². The van der Waals surface area contributed by atoms with Crippen molar-refractivity contribution in [3.05, 3.63) is 22.7 Å². The quantitative estimate of drug-likeness (QED) is 0.783. The van der Waals surface area contributed by atoms with Crippen molar-refractivity contribution in [3.8, 4) is 11.5 Å². The number of Topliss-reactive ketones (excluding diaryl/α,β-unsaturated/α-hetero) is 1. The van der Waals surface area contributed by atoms with E-state index in [9.17, 15) is 4.79 Å². The zero-order valence-electron chi connectivity index (χ0n) is 11.9. The van der Waals surface area contributed by atoms with E-state index in [1.807, 2.05) is 0 Å². The Morgan fingerprint density at radius 3 is 2.40 bits per heavy atom. The summed E-state index contributed by atoms with van der Waals surface area (Å²) in [4.78, 5) is 14.6. The second-order valence-corrected chi connectivity index (χ2v) is 5.35. The number of benzene rings is 1. The van der Waals surface area contributed by atoms with E-state index >= 15 is 0 Å². The first-order valence-corrected chi connectivity index (χ1v) is 7.20. The lowest BCUT2D eigenvalue weighted by Crippen LogP contribution is -2.34. The second-order valence-electron chi connectivity index (χ2n) is 4.95. The van der Waals surface area contributed by atoms with Crippen LogP contribution >= 0.6 is 11.6 Å². The molecule has 1 fully saturated rings. The molecule has 0 amide bonds. The number of ketones is 1. The van der Waals surface area contributed by atoms with Gasteiger partial charge in [-0.3, -0.25) is 9.69 Å². The summed E-state index contributed by atoms with van der Waals surface area (Å²) in [5.74, 6) is 1.06. The van der Waals surface area contributed by atoms with Gasteiger partial charge in [-0.05, 0) is 32.0 Å². The highest BCUT2D eigenvalue weighted by Gasteiger charge is 2.20. The predicted octanol–water partition coefficient (Wildman–Crippen LogP) is 3.03. The molecule has 20 heavy (non-hydrogen) atoms. The first-order valence-electron chi connectivity index (χ1n) is 6.82. The minimum absolute atomic E-state index is 0.0355. The molecule has 1 heterocycles. The van der Waals surface area contributed by atoms with Gasteiger partial charge in [-0.1, -0.05) is 18.0 Å². The minimum atomic E-state index is 0.0355. The van der Waals surface area contributed by atoms with E-state index in [1.165, 1.54) is 13.5 Å². The van der Waals surface area contributed by atoms with Gasteiger partial charge >= 0.3 is 0 Å². The Balaban J connectivity index is 2.17. The number of methoxy groups -OCH3 is 2. The van der Waals surface area contributed by atoms with Crippen molar-refractivity contribution in [1.82, 2.24) is 4.90 Å². The molecule has 0 saturated carbocycles. The second kappa shape index (κ2) is 6.95. The van der Waals surface area contributed by atoms with Crippen molar-refractivity contribution in [2.24, 2.45) is 0 Å². The third-order valence-electron chi connectivity index (χ3n) is 3.59. The Morgan fingerprint density at radius 2 is 1.80 bits per heavy atom. The van der Waals surface area contributed by atoms with Crippen LogP contribution in [0.4, 0.5) is 0 Å². The summed E-state index contributed by atoms with van der Waals surface area (Å²) in [6.07, 6.45) is 3.57. The van der Waals surface area contributed by atoms with E-state index in [0.717, 1.165) is 25.9 Å². The maximum Gasteiger partial charge on any atom is 0.180 e. The number of likely N-dealkylation sites (tertiary alicyclic amines) is 1. The molecule has 0 aromatic heterocycles. The summed E-state index contributed by atoms with van der Waals surface area (Å²) in [6, 6.07) is 3.29. The molecular weight excluding hydrogens is 278 g/mol. The molecule has 0 atom stereocenters. The number of ether oxygens (including phenoxy) is 2. The fourth-order valence-electron chi connectivity index (χ4n) is 2.48. The van der Waals surface area contributed by atoms with Crippen LogP contribution in [0.5, 0.6) is 11.5 Å². The van der Waals surface area contributed by atoms with E-state index in [0.29, 0.717) is 28.6 Å². The summed E-state index contributed by atoms with van der Waals surface area (Å²) in [7, 11) is 3.08. The third kappa shape index (κ3) is 3.44. The summed E-state index contributed by atoms with van der Waals surface area (Å²) in [5, 5.41) is 0.426. The lowest BCUT2D eigenvalue weighted by molar-refractivity contribution is 0.0912. The molecule has 0 unspecified atom stereocenters. The van der Waals surface area contributed by atoms with Crippen LogP contribution in [0.15, 0.2) is 12.1 Å². The Kier molecular flexibility index (Phi) is 5.26. The van der Waals surface area contributed by atoms with Gasteiger partial charge in [0.25, 0.3) is 0 Å².